The first kappa shape index (κ1) is 18.4. The third-order valence-corrected chi connectivity index (χ3v) is 4.19. The largest absolute Gasteiger partial charge is 0.0651 e. The summed E-state index contributed by atoms with van der Waals surface area (Å²) in [5.41, 5.74) is 0.509. The van der Waals surface area contributed by atoms with Crippen molar-refractivity contribution in [2.45, 2.75) is 75.7 Å². The lowest BCUT2D eigenvalue weighted by Crippen LogP contribution is -2.15. The van der Waals surface area contributed by atoms with Crippen molar-refractivity contribution in [2.75, 3.05) is 0 Å². The van der Waals surface area contributed by atoms with Gasteiger partial charge in [0.05, 0.1) is 0 Å². The molecule has 0 aliphatic rings. The van der Waals surface area contributed by atoms with Gasteiger partial charge in [-0.15, -0.1) is 0 Å². The van der Waals surface area contributed by atoms with E-state index in [9.17, 15) is 0 Å². The highest BCUT2D eigenvalue weighted by Gasteiger charge is 2.16. The molecular weight excluding hydrogens is 192 g/mol. The molecule has 0 aromatic heterocycles. The molecule has 0 bridgehead atoms. The van der Waals surface area contributed by atoms with Gasteiger partial charge in [-0.3, -0.25) is 0 Å². The predicted molar refractivity (Wildman–Crippen MR) is 77.8 cm³/mol. The molecule has 100 valence electrons. The molecule has 0 radical (unpaired) electrons. The van der Waals surface area contributed by atoms with E-state index in [-0.39, 0.29) is 0 Å². The van der Waals surface area contributed by atoms with Gasteiger partial charge >= 0.3 is 0 Å². The first-order chi connectivity index (χ1) is 7.03. The first-order valence-corrected chi connectivity index (χ1v) is 7.03. The maximum atomic E-state index is 2.31. The molecule has 0 aromatic carbocycles. The lowest BCUT2D eigenvalue weighted by atomic mass is 9.81. The Labute approximate surface area is 105 Å². The second-order valence-corrected chi connectivity index (χ2v) is 7.02. The predicted octanol–water partition coefficient (Wildman–Crippen LogP) is 6.01. The molecule has 0 fully saturated rings. The third kappa shape index (κ3) is 9.24. The quantitative estimate of drug-likeness (QED) is 0.554. The minimum atomic E-state index is 0.509. The average Bonchev–Trinajstić information content (AvgIpc) is 2.14. The van der Waals surface area contributed by atoms with Crippen molar-refractivity contribution in [1.29, 1.82) is 0 Å². The molecule has 0 aliphatic carbocycles. The first-order valence-electron chi connectivity index (χ1n) is 7.03. The summed E-state index contributed by atoms with van der Waals surface area (Å²) in [5, 5.41) is 0. The van der Waals surface area contributed by atoms with Gasteiger partial charge in [0.15, 0.2) is 0 Å². The summed E-state index contributed by atoms with van der Waals surface area (Å²) >= 11 is 0. The normalized spacial score (nSPS) is 14.1. The van der Waals surface area contributed by atoms with Gasteiger partial charge in [0.1, 0.15) is 0 Å². The minimum absolute atomic E-state index is 0.509. The Morgan fingerprint density at radius 3 is 1.06 bits per heavy atom. The zero-order valence-electron chi connectivity index (χ0n) is 13.5. The van der Waals surface area contributed by atoms with Crippen LogP contribution in [0.2, 0.25) is 0 Å². The van der Waals surface area contributed by atoms with Gasteiger partial charge in [-0.25, -0.2) is 0 Å². The summed E-state index contributed by atoms with van der Waals surface area (Å²) in [4.78, 5) is 0. The fourth-order valence-electron chi connectivity index (χ4n) is 1.38. The summed E-state index contributed by atoms with van der Waals surface area (Å²) in [7, 11) is 0. The van der Waals surface area contributed by atoms with Gasteiger partial charge in [0.2, 0.25) is 0 Å². The van der Waals surface area contributed by atoms with Crippen molar-refractivity contribution in [2.24, 2.45) is 29.1 Å². The summed E-state index contributed by atoms with van der Waals surface area (Å²) < 4.78 is 0. The van der Waals surface area contributed by atoms with Crippen molar-refractivity contribution in [3.05, 3.63) is 0 Å². The van der Waals surface area contributed by atoms with E-state index in [1.807, 2.05) is 0 Å². The van der Waals surface area contributed by atoms with Gasteiger partial charge in [-0.05, 0) is 29.1 Å². The van der Waals surface area contributed by atoms with Crippen LogP contribution in [-0.4, -0.2) is 0 Å². The highest BCUT2D eigenvalue weighted by Crippen LogP contribution is 2.27. The molecule has 1 unspecified atom stereocenters. The zero-order chi connectivity index (χ0) is 13.5. The topological polar surface area (TPSA) is 0 Å². The van der Waals surface area contributed by atoms with Crippen molar-refractivity contribution in [3.63, 3.8) is 0 Å². The van der Waals surface area contributed by atoms with Crippen molar-refractivity contribution < 1.29 is 0 Å². The van der Waals surface area contributed by atoms with Gasteiger partial charge in [0, 0.05) is 0 Å². The SMILES string of the molecule is CC(C)C(C)C(C)C.CCC(C)C(C)(C)C. The maximum absolute atomic E-state index is 2.31. The molecule has 1 atom stereocenters. The fourth-order valence-corrected chi connectivity index (χ4v) is 1.38. The van der Waals surface area contributed by atoms with E-state index in [0.717, 1.165) is 23.7 Å². The average molecular weight is 228 g/mol. The summed E-state index contributed by atoms with van der Waals surface area (Å²) in [5.74, 6) is 3.41. The van der Waals surface area contributed by atoms with E-state index in [2.05, 4.69) is 69.2 Å². The van der Waals surface area contributed by atoms with Crippen LogP contribution in [0.1, 0.15) is 75.7 Å². The van der Waals surface area contributed by atoms with Gasteiger partial charge in [-0.1, -0.05) is 75.7 Å². The Balaban J connectivity index is 0. The van der Waals surface area contributed by atoms with Gasteiger partial charge < -0.3 is 0 Å². The van der Waals surface area contributed by atoms with E-state index in [1.165, 1.54) is 6.42 Å². The number of rotatable bonds is 3. The fraction of sp³-hybridized carbons (Fsp3) is 1.00. The molecule has 0 aromatic rings. The Bertz CT molecular complexity index is 140. The number of hydrogen-bond acceptors (Lipinski definition) is 0. The molecule has 0 nitrogen and oxygen atoms in total. The molecule has 0 aliphatic heterocycles. The van der Waals surface area contributed by atoms with Crippen molar-refractivity contribution >= 4 is 0 Å². The van der Waals surface area contributed by atoms with Crippen LogP contribution in [0.5, 0.6) is 0 Å². The van der Waals surface area contributed by atoms with E-state index >= 15 is 0 Å². The van der Waals surface area contributed by atoms with Crippen LogP contribution >= 0.6 is 0 Å². The van der Waals surface area contributed by atoms with Crippen molar-refractivity contribution in [3.8, 4) is 0 Å². The summed E-state index contributed by atoms with van der Waals surface area (Å²) in [6, 6.07) is 0. The number of hydrogen-bond donors (Lipinski definition) is 0. The molecular formula is C16H36. The van der Waals surface area contributed by atoms with Crippen LogP contribution < -0.4 is 0 Å². The lowest BCUT2D eigenvalue weighted by molar-refractivity contribution is 0.254. The van der Waals surface area contributed by atoms with E-state index in [4.69, 9.17) is 0 Å². The summed E-state index contributed by atoms with van der Waals surface area (Å²) in [6.45, 7) is 22.9. The third-order valence-electron chi connectivity index (χ3n) is 4.19. The van der Waals surface area contributed by atoms with Gasteiger partial charge in [-0.2, -0.15) is 0 Å². The second kappa shape index (κ2) is 8.14. The molecule has 0 N–H and O–H groups in total. The Morgan fingerprint density at radius 2 is 1.06 bits per heavy atom. The molecule has 0 rings (SSSR count). The molecule has 0 saturated heterocycles. The van der Waals surface area contributed by atoms with Crippen LogP contribution in [0.15, 0.2) is 0 Å². The highest BCUT2D eigenvalue weighted by molar-refractivity contribution is 4.67. The minimum Gasteiger partial charge on any atom is -0.0651 e. The molecule has 0 heterocycles. The zero-order valence-corrected chi connectivity index (χ0v) is 13.5. The lowest BCUT2D eigenvalue weighted by Gasteiger charge is -2.25. The second-order valence-electron chi connectivity index (χ2n) is 7.02. The Hall–Kier alpha value is 0. The molecule has 0 heteroatoms. The Kier molecular flexibility index (Phi) is 9.35. The highest BCUT2D eigenvalue weighted by atomic mass is 14.2. The van der Waals surface area contributed by atoms with Crippen LogP contribution in [-0.2, 0) is 0 Å². The van der Waals surface area contributed by atoms with E-state index < -0.39 is 0 Å². The molecule has 0 amide bonds. The Morgan fingerprint density at radius 1 is 0.750 bits per heavy atom. The van der Waals surface area contributed by atoms with Crippen LogP contribution in [0, 0.1) is 29.1 Å². The van der Waals surface area contributed by atoms with E-state index in [1.54, 1.807) is 0 Å². The maximum Gasteiger partial charge on any atom is -0.0357 e. The standard InChI is InChI=1S/2C8H18/c1-6-7(2)8(3,4)5;1-6(2)8(5)7(3)4/h7H,6H2,1-5H3;6-8H,1-5H3. The smallest absolute Gasteiger partial charge is 0.0357 e. The summed E-state index contributed by atoms with van der Waals surface area (Å²) in [6.07, 6.45) is 1.30. The van der Waals surface area contributed by atoms with Crippen LogP contribution in [0.4, 0.5) is 0 Å². The van der Waals surface area contributed by atoms with Crippen LogP contribution in [0.25, 0.3) is 0 Å². The molecule has 0 saturated carbocycles. The van der Waals surface area contributed by atoms with Crippen LogP contribution in [0.3, 0.4) is 0 Å². The van der Waals surface area contributed by atoms with E-state index in [0.29, 0.717) is 5.41 Å². The monoisotopic (exact) mass is 228 g/mol. The van der Waals surface area contributed by atoms with Crippen molar-refractivity contribution in [1.82, 2.24) is 0 Å². The molecule has 0 spiro atoms. The van der Waals surface area contributed by atoms with Gasteiger partial charge in [0.25, 0.3) is 0 Å². The molecule has 16 heavy (non-hydrogen) atoms.